The van der Waals surface area contributed by atoms with Crippen LogP contribution in [0.4, 0.5) is 0 Å². The fourth-order valence-electron chi connectivity index (χ4n) is 3.95. The Kier molecular flexibility index (Phi) is 6.59. The summed E-state index contributed by atoms with van der Waals surface area (Å²) in [5.41, 5.74) is 3.23. The number of carbonyl (C=O) groups is 2. The van der Waals surface area contributed by atoms with Crippen molar-refractivity contribution in [2.24, 2.45) is 10.9 Å². The van der Waals surface area contributed by atoms with E-state index in [0.29, 0.717) is 17.9 Å². The van der Waals surface area contributed by atoms with Gasteiger partial charge in [-0.3, -0.25) is 9.59 Å². The molecule has 3 rings (SSSR count). The van der Waals surface area contributed by atoms with E-state index in [1.807, 2.05) is 50.4 Å². The Morgan fingerprint density at radius 2 is 2.07 bits per heavy atom. The van der Waals surface area contributed by atoms with Gasteiger partial charge >= 0.3 is 0 Å². The molecular weight excluding hydrogens is 386 g/mol. The number of amides is 2. The molecule has 1 aliphatic heterocycles. The first-order valence-corrected chi connectivity index (χ1v) is 10.8. The summed E-state index contributed by atoms with van der Waals surface area (Å²) >= 11 is 1.52. The van der Waals surface area contributed by atoms with Crippen LogP contribution >= 0.6 is 11.8 Å². The van der Waals surface area contributed by atoms with E-state index in [0.717, 1.165) is 21.5 Å². The first kappa shape index (κ1) is 21.3. The van der Waals surface area contributed by atoms with Gasteiger partial charge in [0, 0.05) is 40.9 Å². The Balaban J connectivity index is 1.89. The molecule has 0 saturated carbocycles. The molecule has 29 heavy (non-hydrogen) atoms. The van der Waals surface area contributed by atoms with E-state index in [-0.39, 0.29) is 24.4 Å². The summed E-state index contributed by atoms with van der Waals surface area (Å²) < 4.78 is 7.46. The van der Waals surface area contributed by atoms with Crippen molar-refractivity contribution in [2.75, 3.05) is 26.5 Å². The molecule has 1 aromatic carbocycles. The Labute approximate surface area is 175 Å². The Morgan fingerprint density at radius 1 is 1.34 bits per heavy atom. The quantitative estimate of drug-likeness (QED) is 0.750. The Morgan fingerprint density at radius 3 is 2.76 bits per heavy atom. The van der Waals surface area contributed by atoms with Gasteiger partial charge in [0.1, 0.15) is 0 Å². The molecule has 0 aliphatic carbocycles. The molecule has 1 aromatic heterocycles. The van der Waals surface area contributed by atoms with Crippen LogP contribution in [0.2, 0.25) is 0 Å². The minimum atomic E-state index is -0.432. The van der Waals surface area contributed by atoms with Crippen molar-refractivity contribution in [3.05, 3.63) is 46.5 Å². The lowest BCUT2D eigenvalue weighted by molar-refractivity contribution is -0.120. The SMILES string of the molecule is COC[C@@H](C)n1c(C)c(C(=O)NCC2C(=O)N=C(C)C=C2SC)c2ccccc21. The fraction of sp³-hybridized carbons (Fsp3) is 0.409. The number of methoxy groups -OCH3 is 1. The zero-order valence-corrected chi connectivity index (χ0v) is 18.3. The summed E-state index contributed by atoms with van der Waals surface area (Å²) in [6.07, 6.45) is 3.84. The van der Waals surface area contributed by atoms with Crippen LogP contribution in [0, 0.1) is 12.8 Å². The number of rotatable bonds is 7. The molecule has 1 unspecified atom stereocenters. The summed E-state index contributed by atoms with van der Waals surface area (Å²) in [5, 5.41) is 3.87. The highest BCUT2D eigenvalue weighted by Gasteiger charge is 2.28. The zero-order valence-electron chi connectivity index (χ0n) is 17.5. The van der Waals surface area contributed by atoms with Crippen LogP contribution in [0.1, 0.15) is 35.9 Å². The summed E-state index contributed by atoms with van der Waals surface area (Å²) in [6.45, 7) is 6.61. The van der Waals surface area contributed by atoms with Gasteiger partial charge in [-0.15, -0.1) is 11.8 Å². The van der Waals surface area contributed by atoms with Crippen LogP contribution < -0.4 is 5.32 Å². The second kappa shape index (κ2) is 8.97. The standard InChI is InChI=1S/C22H27N3O3S/c1-13-10-19(29-5)17(21(26)24-13)11-23-22(27)20-15(3)25(14(2)12-28-4)18-9-7-6-8-16(18)20/h6-10,14,17H,11-12H2,1-5H3,(H,23,27)/t14-,17?/m1/s1. The molecule has 2 heterocycles. The molecule has 0 radical (unpaired) electrons. The minimum absolute atomic E-state index is 0.0923. The van der Waals surface area contributed by atoms with Crippen molar-refractivity contribution >= 4 is 40.2 Å². The van der Waals surface area contributed by atoms with Crippen molar-refractivity contribution < 1.29 is 14.3 Å². The highest BCUT2D eigenvalue weighted by atomic mass is 32.2. The van der Waals surface area contributed by atoms with Gasteiger partial charge in [-0.1, -0.05) is 18.2 Å². The first-order valence-electron chi connectivity index (χ1n) is 9.60. The van der Waals surface area contributed by atoms with Crippen molar-refractivity contribution in [1.29, 1.82) is 0 Å². The number of aliphatic imine (C=N–C) groups is 1. The second-order valence-corrected chi connectivity index (χ2v) is 8.14. The highest BCUT2D eigenvalue weighted by Crippen LogP contribution is 2.30. The normalized spacial score (nSPS) is 17.8. The van der Waals surface area contributed by atoms with Gasteiger partial charge in [0.15, 0.2) is 0 Å². The third kappa shape index (κ3) is 4.16. The number of para-hydroxylation sites is 1. The van der Waals surface area contributed by atoms with Crippen LogP contribution in [-0.4, -0.2) is 48.6 Å². The number of nitrogens with one attached hydrogen (secondary N) is 1. The van der Waals surface area contributed by atoms with E-state index < -0.39 is 5.92 Å². The third-order valence-electron chi connectivity index (χ3n) is 5.21. The van der Waals surface area contributed by atoms with Gasteiger partial charge in [0.05, 0.1) is 24.1 Å². The van der Waals surface area contributed by atoms with E-state index in [9.17, 15) is 9.59 Å². The molecular formula is C22H27N3O3S. The smallest absolute Gasteiger partial charge is 0.255 e. The number of aromatic nitrogens is 1. The van der Waals surface area contributed by atoms with Crippen LogP contribution in [0.5, 0.6) is 0 Å². The maximum Gasteiger partial charge on any atom is 0.255 e. The largest absolute Gasteiger partial charge is 0.383 e. The number of hydrogen-bond acceptors (Lipinski definition) is 4. The predicted octanol–water partition coefficient (Wildman–Crippen LogP) is 3.75. The molecule has 2 amide bonds. The number of dihydropyridines is 1. The van der Waals surface area contributed by atoms with E-state index in [4.69, 9.17) is 4.74 Å². The number of nitrogens with zero attached hydrogens (tertiary/aromatic N) is 2. The molecule has 0 spiro atoms. The second-order valence-electron chi connectivity index (χ2n) is 7.26. The van der Waals surface area contributed by atoms with Crippen molar-refractivity contribution in [2.45, 2.75) is 26.8 Å². The number of carbonyl (C=O) groups excluding carboxylic acids is 2. The van der Waals surface area contributed by atoms with Gasteiger partial charge in [0.2, 0.25) is 0 Å². The fourth-order valence-corrected chi connectivity index (χ4v) is 4.70. The molecule has 0 bridgehead atoms. The maximum atomic E-state index is 13.2. The van der Waals surface area contributed by atoms with Crippen LogP contribution in [-0.2, 0) is 9.53 Å². The summed E-state index contributed by atoms with van der Waals surface area (Å²) in [7, 11) is 1.67. The molecule has 7 heteroatoms. The molecule has 0 fully saturated rings. The lowest BCUT2D eigenvalue weighted by atomic mass is 10.0. The molecule has 2 atom stereocenters. The summed E-state index contributed by atoms with van der Waals surface area (Å²) in [6, 6.07) is 7.97. The Hall–Kier alpha value is -2.38. The van der Waals surface area contributed by atoms with Crippen molar-refractivity contribution in [3.63, 3.8) is 0 Å². The monoisotopic (exact) mass is 413 g/mol. The lowest BCUT2D eigenvalue weighted by Gasteiger charge is -2.20. The molecule has 0 saturated heterocycles. The number of ether oxygens (including phenoxy) is 1. The average Bonchev–Trinajstić information content (AvgIpc) is 2.98. The van der Waals surface area contributed by atoms with E-state index >= 15 is 0 Å². The average molecular weight is 414 g/mol. The third-order valence-corrected chi connectivity index (χ3v) is 6.09. The van der Waals surface area contributed by atoms with E-state index in [1.54, 1.807) is 7.11 Å². The molecule has 1 aliphatic rings. The molecule has 154 valence electrons. The first-order chi connectivity index (χ1) is 13.9. The highest BCUT2D eigenvalue weighted by molar-refractivity contribution is 8.02. The van der Waals surface area contributed by atoms with Gasteiger partial charge in [-0.05, 0) is 39.2 Å². The van der Waals surface area contributed by atoms with Gasteiger partial charge in [-0.2, -0.15) is 0 Å². The number of allylic oxidation sites excluding steroid dienone is 1. The topological polar surface area (TPSA) is 72.7 Å². The lowest BCUT2D eigenvalue weighted by Crippen LogP contribution is -2.35. The van der Waals surface area contributed by atoms with Gasteiger partial charge < -0.3 is 14.6 Å². The van der Waals surface area contributed by atoms with E-state index in [2.05, 4.69) is 21.8 Å². The minimum Gasteiger partial charge on any atom is -0.383 e. The number of fused-ring (bicyclic) bond motifs is 1. The number of hydrogen-bond donors (Lipinski definition) is 1. The molecule has 6 nitrogen and oxygen atoms in total. The van der Waals surface area contributed by atoms with Gasteiger partial charge in [0.25, 0.3) is 11.8 Å². The maximum absolute atomic E-state index is 13.2. The number of thioether (sulfide) groups is 1. The Bertz CT molecular complexity index is 1010. The summed E-state index contributed by atoms with van der Waals surface area (Å²) in [4.78, 5) is 30.5. The van der Waals surface area contributed by atoms with Crippen molar-refractivity contribution in [1.82, 2.24) is 9.88 Å². The summed E-state index contributed by atoms with van der Waals surface area (Å²) in [5.74, 6) is -0.817. The van der Waals surface area contributed by atoms with Crippen LogP contribution in [0.15, 0.2) is 40.2 Å². The number of benzene rings is 1. The van der Waals surface area contributed by atoms with Crippen LogP contribution in [0.3, 0.4) is 0 Å². The van der Waals surface area contributed by atoms with Gasteiger partial charge in [-0.25, -0.2) is 4.99 Å². The van der Waals surface area contributed by atoms with E-state index in [1.165, 1.54) is 11.8 Å². The molecule has 1 N–H and O–H groups in total. The predicted molar refractivity (Wildman–Crippen MR) is 119 cm³/mol. The molecule has 2 aromatic rings. The zero-order chi connectivity index (χ0) is 21.1. The van der Waals surface area contributed by atoms with Crippen LogP contribution in [0.25, 0.3) is 10.9 Å². The van der Waals surface area contributed by atoms with Crippen molar-refractivity contribution in [3.8, 4) is 0 Å².